The summed E-state index contributed by atoms with van der Waals surface area (Å²) < 4.78 is 5.70. The van der Waals surface area contributed by atoms with Crippen molar-refractivity contribution >= 4 is 6.03 Å². The van der Waals surface area contributed by atoms with Crippen LogP contribution in [0.2, 0.25) is 0 Å². The van der Waals surface area contributed by atoms with Crippen LogP contribution in [0.3, 0.4) is 0 Å². The molecule has 2 N–H and O–H groups in total. The fraction of sp³-hybridized carbons (Fsp3) is 0.562. The van der Waals surface area contributed by atoms with Gasteiger partial charge in [0.2, 0.25) is 0 Å². The molecule has 1 aromatic rings. The number of aryl methyl sites for hydroxylation is 2. The van der Waals surface area contributed by atoms with Crippen molar-refractivity contribution in [2.75, 3.05) is 13.2 Å². The molecule has 0 bridgehead atoms. The van der Waals surface area contributed by atoms with Crippen molar-refractivity contribution in [2.45, 2.75) is 45.6 Å². The third kappa shape index (κ3) is 4.44. The van der Waals surface area contributed by atoms with Crippen LogP contribution < -0.4 is 15.4 Å². The van der Waals surface area contributed by atoms with Gasteiger partial charge in [-0.25, -0.2) is 4.79 Å². The number of rotatable bonds is 5. The zero-order valence-electron chi connectivity index (χ0n) is 12.4. The van der Waals surface area contributed by atoms with Gasteiger partial charge in [-0.15, -0.1) is 0 Å². The minimum atomic E-state index is -0.0820. The number of amides is 2. The number of hydrogen-bond acceptors (Lipinski definition) is 2. The lowest BCUT2D eigenvalue weighted by Crippen LogP contribution is -2.42. The second-order valence-corrected chi connectivity index (χ2v) is 5.50. The summed E-state index contributed by atoms with van der Waals surface area (Å²) in [4.78, 5) is 11.7. The zero-order valence-corrected chi connectivity index (χ0v) is 12.4. The van der Waals surface area contributed by atoms with Crippen molar-refractivity contribution in [3.8, 4) is 5.75 Å². The topological polar surface area (TPSA) is 50.4 Å². The molecule has 4 nitrogen and oxygen atoms in total. The van der Waals surface area contributed by atoms with E-state index in [-0.39, 0.29) is 6.03 Å². The van der Waals surface area contributed by atoms with E-state index in [1.54, 1.807) is 0 Å². The maximum atomic E-state index is 11.7. The molecule has 20 heavy (non-hydrogen) atoms. The molecule has 0 aromatic heterocycles. The van der Waals surface area contributed by atoms with Gasteiger partial charge in [0, 0.05) is 6.04 Å². The number of nitrogens with one attached hydrogen (secondary N) is 2. The van der Waals surface area contributed by atoms with Gasteiger partial charge in [-0.1, -0.05) is 25.0 Å². The molecule has 1 saturated carbocycles. The summed E-state index contributed by atoms with van der Waals surface area (Å²) >= 11 is 0. The number of carbonyl (C=O) groups excluding carboxylic acids is 1. The van der Waals surface area contributed by atoms with Crippen molar-refractivity contribution < 1.29 is 9.53 Å². The summed E-state index contributed by atoms with van der Waals surface area (Å²) in [6, 6.07) is 6.41. The Bertz CT molecular complexity index is 454. The van der Waals surface area contributed by atoms with Crippen molar-refractivity contribution in [1.82, 2.24) is 10.6 Å². The van der Waals surface area contributed by atoms with Gasteiger partial charge < -0.3 is 15.4 Å². The van der Waals surface area contributed by atoms with E-state index >= 15 is 0 Å². The maximum Gasteiger partial charge on any atom is 0.315 e. The molecule has 1 aliphatic rings. The van der Waals surface area contributed by atoms with E-state index in [1.165, 1.54) is 18.4 Å². The lowest BCUT2D eigenvalue weighted by atomic mass is 10.1. The van der Waals surface area contributed by atoms with Gasteiger partial charge >= 0.3 is 6.03 Å². The Morgan fingerprint density at radius 3 is 2.80 bits per heavy atom. The average molecular weight is 276 g/mol. The normalized spacial score (nSPS) is 15.1. The third-order valence-corrected chi connectivity index (χ3v) is 3.68. The highest BCUT2D eigenvalue weighted by Gasteiger charge is 2.16. The first-order valence-electron chi connectivity index (χ1n) is 7.39. The van der Waals surface area contributed by atoms with Gasteiger partial charge in [0.15, 0.2) is 0 Å². The molecule has 1 fully saturated rings. The largest absolute Gasteiger partial charge is 0.491 e. The minimum Gasteiger partial charge on any atom is -0.491 e. The SMILES string of the molecule is Cc1ccc(C)c(OCCNC(=O)NC2CCCC2)c1. The van der Waals surface area contributed by atoms with E-state index in [4.69, 9.17) is 4.74 Å². The van der Waals surface area contributed by atoms with Crippen LogP contribution in [-0.4, -0.2) is 25.2 Å². The van der Waals surface area contributed by atoms with Crippen molar-refractivity contribution in [3.05, 3.63) is 29.3 Å². The first kappa shape index (κ1) is 14.7. The summed E-state index contributed by atoms with van der Waals surface area (Å²) in [5.41, 5.74) is 2.29. The number of ether oxygens (including phenoxy) is 1. The van der Waals surface area contributed by atoms with Crippen LogP contribution in [0.15, 0.2) is 18.2 Å². The average Bonchev–Trinajstić information content (AvgIpc) is 2.91. The van der Waals surface area contributed by atoms with Crippen molar-refractivity contribution in [3.63, 3.8) is 0 Å². The highest BCUT2D eigenvalue weighted by molar-refractivity contribution is 5.74. The lowest BCUT2D eigenvalue weighted by Gasteiger charge is -2.14. The third-order valence-electron chi connectivity index (χ3n) is 3.68. The fourth-order valence-corrected chi connectivity index (χ4v) is 2.49. The van der Waals surface area contributed by atoms with Crippen LogP contribution in [-0.2, 0) is 0 Å². The molecule has 0 spiro atoms. The molecule has 4 heteroatoms. The Morgan fingerprint density at radius 2 is 2.05 bits per heavy atom. The molecule has 110 valence electrons. The summed E-state index contributed by atoms with van der Waals surface area (Å²) in [5, 5.41) is 5.83. The molecule has 0 heterocycles. The van der Waals surface area contributed by atoms with E-state index in [0.717, 1.165) is 24.2 Å². The van der Waals surface area contributed by atoms with E-state index in [1.807, 2.05) is 26.0 Å². The van der Waals surface area contributed by atoms with E-state index in [0.29, 0.717) is 19.2 Å². The summed E-state index contributed by atoms with van der Waals surface area (Å²) in [5.74, 6) is 0.892. The smallest absolute Gasteiger partial charge is 0.315 e. The predicted octanol–water partition coefficient (Wildman–Crippen LogP) is 2.92. The number of hydrogen-bond donors (Lipinski definition) is 2. The van der Waals surface area contributed by atoms with Crippen molar-refractivity contribution in [1.29, 1.82) is 0 Å². The van der Waals surface area contributed by atoms with E-state index < -0.39 is 0 Å². The minimum absolute atomic E-state index is 0.0820. The summed E-state index contributed by atoms with van der Waals surface area (Å²) in [6.45, 7) is 5.07. The molecule has 0 saturated heterocycles. The predicted molar refractivity (Wildman–Crippen MR) is 80.2 cm³/mol. The molecule has 2 rings (SSSR count). The van der Waals surface area contributed by atoms with Gasteiger partial charge in [0.05, 0.1) is 6.54 Å². The molecule has 0 aliphatic heterocycles. The van der Waals surface area contributed by atoms with Crippen LogP contribution in [0, 0.1) is 13.8 Å². The molecular weight excluding hydrogens is 252 g/mol. The van der Waals surface area contributed by atoms with Gasteiger partial charge in [0.25, 0.3) is 0 Å². The second kappa shape index (κ2) is 7.17. The van der Waals surface area contributed by atoms with E-state index in [9.17, 15) is 4.79 Å². The Balaban J connectivity index is 1.65. The lowest BCUT2D eigenvalue weighted by molar-refractivity contribution is 0.232. The molecule has 1 aromatic carbocycles. The number of benzene rings is 1. The van der Waals surface area contributed by atoms with Gasteiger partial charge in [-0.3, -0.25) is 0 Å². The Hall–Kier alpha value is -1.71. The van der Waals surface area contributed by atoms with Crippen LogP contribution in [0.4, 0.5) is 4.79 Å². The maximum absolute atomic E-state index is 11.7. The van der Waals surface area contributed by atoms with Crippen LogP contribution in [0.1, 0.15) is 36.8 Å². The Morgan fingerprint density at radius 1 is 1.30 bits per heavy atom. The molecule has 0 radical (unpaired) electrons. The van der Waals surface area contributed by atoms with Gasteiger partial charge in [-0.05, 0) is 43.9 Å². The molecule has 1 aliphatic carbocycles. The quantitative estimate of drug-likeness (QED) is 0.812. The van der Waals surface area contributed by atoms with Gasteiger partial charge in [-0.2, -0.15) is 0 Å². The zero-order chi connectivity index (χ0) is 14.4. The van der Waals surface area contributed by atoms with Crippen molar-refractivity contribution in [2.24, 2.45) is 0 Å². The van der Waals surface area contributed by atoms with E-state index in [2.05, 4.69) is 16.7 Å². The highest BCUT2D eigenvalue weighted by atomic mass is 16.5. The molecule has 2 amide bonds. The molecule has 0 unspecified atom stereocenters. The summed E-state index contributed by atoms with van der Waals surface area (Å²) in [6.07, 6.45) is 4.65. The second-order valence-electron chi connectivity index (χ2n) is 5.50. The highest BCUT2D eigenvalue weighted by Crippen LogP contribution is 2.19. The Labute approximate surface area is 120 Å². The monoisotopic (exact) mass is 276 g/mol. The van der Waals surface area contributed by atoms with Crippen LogP contribution >= 0.6 is 0 Å². The van der Waals surface area contributed by atoms with Crippen LogP contribution in [0.5, 0.6) is 5.75 Å². The number of urea groups is 1. The molecular formula is C16H24N2O2. The first-order chi connectivity index (χ1) is 9.65. The summed E-state index contributed by atoms with van der Waals surface area (Å²) in [7, 11) is 0. The number of carbonyl (C=O) groups is 1. The fourth-order valence-electron chi connectivity index (χ4n) is 2.49. The van der Waals surface area contributed by atoms with Gasteiger partial charge in [0.1, 0.15) is 12.4 Å². The van der Waals surface area contributed by atoms with Crippen LogP contribution in [0.25, 0.3) is 0 Å². The molecule has 0 atom stereocenters. The standard InChI is InChI=1S/C16H24N2O2/c1-12-7-8-13(2)15(11-12)20-10-9-17-16(19)18-14-5-3-4-6-14/h7-8,11,14H,3-6,9-10H2,1-2H3,(H2,17,18,19). The Kier molecular flexibility index (Phi) is 5.27. The first-order valence-corrected chi connectivity index (χ1v) is 7.39.